The lowest BCUT2D eigenvalue weighted by atomic mass is 10.1. The van der Waals surface area contributed by atoms with Crippen LogP contribution in [0.5, 0.6) is 5.75 Å². The average molecular weight is 512 g/mol. The van der Waals surface area contributed by atoms with Crippen LogP contribution < -0.4 is 4.74 Å². The second-order valence-corrected chi connectivity index (χ2v) is 7.93. The van der Waals surface area contributed by atoms with Gasteiger partial charge in [0.1, 0.15) is 12.4 Å². The van der Waals surface area contributed by atoms with Crippen LogP contribution in [-0.4, -0.2) is 61.5 Å². The van der Waals surface area contributed by atoms with Crippen LogP contribution in [0.15, 0.2) is 42.5 Å². The number of carbonyl (C=O) groups is 1. The Bertz CT molecular complexity index is 795. The van der Waals surface area contributed by atoms with Gasteiger partial charge in [-0.25, -0.2) is 4.39 Å². The monoisotopic (exact) mass is 510 g/mol. The number of piperazine rings is 1. The number of rotatable bonds is 9. The third-order valence-electron chi connectivity index (χ3n) is 5.08. The molecule has 0 bridgehead atoms. The summed E-state index contributed by atoms with van der Waals surface area (Å²) in [5.74, 6) is 0.291. The molecule has 0 radical (unpaired) electrons. The van der Waals surface area contributed by atoms with Gasteiger partial charge in [0.05, 0.1) is 10.0 Å². The fraction of sp³-hybridized carbons (Fsp3) is 0.409. The summed E-state index contributed by atoms with van der Waals surface area (Å²) in [6.45, 7) is 6.12. The fourth-order valence-electron chi connectivity index (χ4n) is 3.38. The number of hydrogen-bond acceptors (Lipinski definition) is 4. The maximum absolute atomic E-state index is 12.9. The molecule has 31 heavy (non-hydrogen) atoms. The van der Waals surface area contributed by atoms with Crippen molar-refractivity contribution in [3.8, 4) is 5.75 Å². The average Bonchev–Trinajstić information content (AvgIpc) is 2.72. The van der Waals surface area contributed by atoms with Crippen molar-refractivity contribution in [3.05, 3.63) is 63.9 Å². The molecule has 1 saturated heterocycles. The van der Waals surface area contributed by atoms with E-state index in [2.05, 4.69) is 9.80 Å². The van der Waals surface area contributed by atoms with E-state index < -0.39 is 0 Å². The van der Waals surface area contributed by atoms with E-state index in [0.717, 1.165) is 45.7 Å². The summed E-state index contributed by atoms with van der Waals surface area (Å²) < 4.78 is 18.7. The molecule has 0 aromatic heterocycles. The van der Waals surface area contributed by atoms with Crippen LogP contribution in [0, 0.1) is 5.82 Å². The van der Waals surface area contributed by atoms with Crippen LogP contribution in [0.2, 0.25) is 10.0 Å². The summed E-state index contributed by atoms with van der Waals surface area (Å²) in [5.41, 5.74) is 0.579. The van der Waals surface area contributed by atoms with Crippen molar-refractivity contribution in [1.29, 1.82) is 0 Å². The van der Waals surface area contributed by atoms with Gasteiger partial charge in [-0.2, -0.15) is 0 Å². The van der Waals surface area contributed by atoms with E-state index in [0.29, 0.717) is 34.4 Å². The third-order valence-corrected chi connectivity index (χ3v) is 5.68. The number of Topliss-reactive ketones (excluding diaryl/α,β-unsaturated/α-hetero) is 1. The van der Waals surface area contributed by atoms with Gasteiger partial charge in [-0.05, 0) is 49.4 Å². The van der Waals surface area contributed by atoms with Crippen LogP contribution in [-0.2, 0) is 0 Å². The minimum Gasteiger partial charge on any atom is -0.489 e. The fourth-order valence-corrected chi connectivity index (χ4v) is 3.88. The van der Waals surface area contributed by atoms with Crippen LogP contribution in [0.4, 0.5) is 4.39 Å². The van der Waals surface area contributed by atoms with Gasteiger partial charge in [0.2, 0.25) is 0 Å². The van der Waals surface area contributed by atoms with E-state index in [1.54, 1.807) is 30.3 Å². The zero-order valence-electron chi connectivity index (χ0n) is 17.1. The lowest BCUT2D eigenvalue weighted by molar-refractivity contribution is 0.0953. The van der Waals surface area contributed by atoms with Crippen LogP contribution >= 0.6 is 48.0 Å². The molecule has 0 unspecified atom stereocenters. The Kier molecular flexibility index (Phi) is 12.8. The van der Waals surface area contributed by atoms with Crippen molar-refractivity contribution in [2.75, 3.05) is 45.9 Å². The SMILES string of the molecule is Cl.Cl.O=C(CCCN1CCN(CCOc2c(Cl)cccc2Cl)CC1)c1ccc(F)cc1. The first-order valence-electron chi connectivity index (χ1n) is 9.83. The maximum atomic E-state index is 12.9. The second kappa shape index (κ2) is 14.1. The van der Waals surface area contributed by atoms with E-state index in [1.165, 1.54) is 12.1 Å². The van der Waals surface area contributed by atoms with E-state index in [1.807, 2.05) is 0 Å². The van der Waals surface area contributed by atoms with Gasteiger partial charge in [-0.15, -0.1) is 24.8 Å². The Morgan fingerprint density at radius 3 is 2.03 bits per heavy atom. The van der Waals surface area contributed by atoms with Gasteiger partial charge >= 0.3 is 0 Å². The smallest absolute Gasteiger partial charge is 0.162 e. The number of para-hydroxylation sites is 1. The van der Waals surface area contributed by atoms with Gasteiger partial charge in [0.15, 0.2) is 11.5 Å². The molecule has 0 atom stereocenters. The number of ketones is 1. The van der Waals surface area contributed by atoms with E-state index in [4.69, 9.17) is 27.9 Å². The molecular formula is C22H27Cl4FN2O2. The van der Waals surface area contributed by atoms with Crippen LogP contribution in [0.1, 0.15) is 23.2 Å². The maximum Gasteiger partial charge on any atom is 0.162 e. The molecule has 1 aliphatic heterocycles. The second-order valence-electron chi connectivity index (χ2n) is 7.12. The minimum absolute atomic E-state index is 0. The highest BCUT2D eigenvalue weighted by Crippen LogP contribution is 2.32. The van der Waals surface area contributed by atoms with Crippen LogP contribution in [0.3, 0.4) is 0 Å². The lowest BCUT2D eigenvalue weighted by Gasteiger charge is -2.34. The van der Waals surface area contributed by atoms with Crippen molar-refractivity contribution < 1.29 is 13.9 Å². The van der Waals surface area contributed by atoms with Crippen molar-refractivity contribution in [1.82, 2.24) is 9.80 Å². The van der Waals surface area contributed by atoms with Crippen molar-refractivity contribution >= 4 is 53.8 Å². The summed E-state index contributed by atoms with van der Waals surface area (Å²) in [4.78, 5) is 16.9. The topological polar surface area (TPSA) is 32.8 Å². The molecule has 0 saturated carbocycles. The highest BCUT2D eigenvalue weighted by atomic mass is 35.5. The summed E-state index contributed by atoms with van der Waals surface area (Å²) in [5, 5.41) is 1.05. The number of halogens is 5. The Morgan fingerprint density at radius 1 is 0.903 bits per heavy atom. The number of carbonyl (C=O) groups excluding carboxylic acids is 1. The van der Waals surface area contributed by atoms with E-state index in [9.17, 15) is 9.18 Å². The van der Waals surface area contributed by atoms with Crippen molar-refractivity contribution in [3.63, 3.8) is 0 Å². The molecule has 2 aromatic rings. The normalized spacial score (nSPS) is 14.4. The van der Waals surface area contributed by atoms with Crippen molar-refractivity contribution in [2.45, 2.75) is 12.8 Å². The first kappa shape index (κ1) is 28.0. The van der Waals surface area contributed by atoms with Gasteiger partial charge in [0.25, 0.3) is 0 Å². The zero-order chi connectivity index (χ0) is 20.6. The van der Waals surface area contributed by atoms with Gasteiger partial charge in [-0.1, -0.05) is 29.3 Å². The molecule has 172 valence electrons. The van der Waals surface area contributed by atoms with E-state index in [-0.39, 0.29) is 36.4 Å². The highest BCUT2D eigenvalue weighted by molar-refractivity contribution is 6.37. The third kappa shape index (κ3) is 8.76. The first-order chi connectivity index (χ1) is 14.0. The molecule has 9 heteroatoms. The standard InChI is InChI=1S/C22H25Cl2FN2O2.2ClH/c23-19-3-1-4-20(24)22(19)29-16-15-27-13-11-26(12-14-27)10-2-5-21(28)17-6-8-18(25)9-7-17;;/h1,3-4,6-9H,2,5,10-16H2;2*1H. The lowest BCUT2D eigenvalue weighted by Crippen LogP contribution is -2.47. The molecule has 2 aromatic carbocycles. The number of nitrogens with zero attached hydrogens (tertiary/aromatic N) is 2. The quantitative estimate of drug-likeness (QED) is 0.408. The molecule has 1 aliphatic rings. The Labute approximate surface area is 205 Å². The Morgan fingerprint density at radius 2 is 1.45 bits per heavy atom. The predicted octanol–water partition coefficient (Wildman–Crippen LogP) is 5.64. The summed E-state index contributed by atoms with van der Waals surface area (Å²) in [7, 11) is 0. The Balaban J connectivity index is 0.00000240. The molecular weight excluding hydrogens is 485 g/mol. The highest BCUT2D eigenvalue weighted by Gasteiger charge is 2.17. The molecule has 0 spiro atoms. The predicted molar refractivity (Wildman–Crippen MR) is 129 cm³/mol. The Hall–Kier alpha value is -1.08. The molecule has 0 N–H and O–H groups in total. The molecule has 4 nitrogen and oxygen atoms in total. The summed E-state index contributed by atoms with van der Waals surface area (Å²) in [6.07, 6.45) is 1.29. The summed E-state index contributed by atoms with van der Waals surface area (Å²) in [6, 6.07) is 11.1. The van der Waals surface area contributed by atoms with E-state index >= 15 is 0 Å². The molecule has 0 aliphatic carbocycles. The molecule has 1 fully saturated rings. The number of ether oxygens (including phenoxy) is 1. The summed E-state index contributed by atoms with van der Waals surface area (Å²) >= 11 is 12.2. The van der Waals surface area contributed by atoms with Gasteiger partial charge < -0.3 is 9.64 Å². The molecule has 0 amide bonds. The largest absolute Gasteiger partial charge is 0.489 e. The minimum atomic E-state index is -0.320. The van der Waals surface area contributed by atoms with Crippen LogP contribution in [0.25, 0.3) is 0 Å². The zero-order valence-corrected chi connectivity index (χ0v) is 20.2. The molecule has 3 rings (SSSR count). The first-order valence-corrected chi connectivity index (χ1v) is 10.6. The number of hydrogen-bond donors (Lipinski definition) is 0. The molecule has 1 heterocycles. The number of benzene rings is 2. The van der Waals surface area contributed by atoms with Gasteiger partial charge in [-0.3, -0.25) is 9.69 Å². The van der Waals surface area contributed by atoms with Gasteiger partial charge in [0, 0.05) is 44.7 Å². The van der Waals surface area contributed by atoms with Crippen molar-refractivity contribution in [2.24, 2.45) is 0 Å².